The van der Waals surface area contributed by atoms with Crippen LogP contribution in [0.25, 0.3) is 0 Å². The van der Waals surface area contributed by atoms with E-state index in [-0.39, 0.29) is 12.0 Å². The number of aliphatic hydroxyl groups excluding tert-OH is 1. The fraction of sp³-hybridized carbons (Fsp3) is 1.00. The molecule has 0 spiro atoms. The second-order valence-electron chi connectivity index (χ2n) is 5.55. The third-order valence-electron chi connectivity index (χ3n) is 4.58. The normalized spacial score (nSPS) is 36.2. The Bertz CT molecular complexity index is 231. The van der Waals surface area contributed by atoms with Crippen molar-refractivity contribution in [3.8, 4) is 0 Å². The van der Waals surface area contributed by atoms with Gasteiger partial charge in [-0.15, -0.1) is 0 Å². The smallest absolute Gasteiger partial charge is 0.0762 e. The van der Waals surface area contributed by atoms with Crippen molar-refractivity contribution in [3.63, 3.8) is 0 Å². The van der Waals surface area contributed by atoms with Crippen LogP contribution in [0.4, 0.5) is 0 Å². The van der Waals surface area contributed by atoms with Crippen LogP contribution in [0, 0.1) is 5.41 Å². The van der Waals surface area contributed by atoms with Gasteiger partial charge in [0.1, 0.15) is 0 Å². The Morgan fingerprint density at radius 1 is 1.25 bits per heavy atom. The monoisotopic (exact) mass is 228 g/mol. The number of likely N-dealkylation sites (tertiary alicyclic amines) is 1. The molecule has 94 valence electrons. The lowest BCUT2D eigenvalue weighted by atomic mass is 9.64. The zero-order chi connectivity index (χ0) is 11.6. The predicted molar refractivity (Wildman–Crippen MR) is 63.3 cm³/mol. The van der Waals surface area contributed by atoms with Gasteiger partial charge in [-0.3, -0.25) is 0 Å². The quantitative estimate of drug-likeness (QED) is 0.613. The molecule has 0 saturated carbocycles. The van der Waals surface area contributed by atoms with Crippen molar-refractivity contribution < 1.29 is 10.2 Å². The molecule has 2 rings (SSSR count). The summed E-state index contributed by atoms with van der Waals surface area (Å²) in [4.78, 5) is 2.25. The number of nitrogens with one attached hydrogen (secondary N) is 1. The Hall–Kier alpha value is -0.160. The summed E-state index contributed by atoms with van der Waals surface area (Å²) in [6.45, 7) is 3.72. The van der Waals surface area contributed by atoms with Crippen molar-refractivity contribution in [1.82, 2.24) is 10.2 Å². The van der Waals surface area contributed by atoms with Gasteiger partial charge in [-0.25, -0.2) is 0 Å². The van der Waals surface area contributed by atoms with Crippen molar-refractivity contribution in [1.29, 1.82) is 0 Å². The van der Waals surface area contributed by atoms with Crippen LogP contribution < -0.4 is 5.32 Å². The number of nitrogens with zero attached hydrogens (tertiary/aromatic N) is 1. The summed E-state index contributed by atoms with van der Waals surface area (Å²) in [6, 6.07) is 0. The molecule has 2 aliphatic heterocycles. The highest BCUT2D eigenvalue weighted by Gasteiger charge is 2.51. The minimum Gasteiger partial charge on any atom is -0.396 e. The Labute approximate surface area is 97.6 Å². The highest BCUT2D eigenvalue weighted by molar-refractivity contribution is 5.03. The van der Waals surface area contributed by atoms with Crippen molar-refractivity contribution in [2.45, 2.75) is 31.3 Å². The van der Waals surface area contributed by atoms with E-state index in [0.29, 0.717) is 0 Å². The van der Waals surface area contributed by atoms with Crippen LogP contribution in [0.1, 0.15) is 25.7 Å². The van der Waals surface area contributed by atoms with E-state index in [0.717, 1.165) is 51.9 Å². The minimum absolute atomic E-state index is 0.0974. The molecule has 2 fully saturated rings. The molecule has 0 amide bonds. The fourth-order valence-electron chi connectivity index (χ4n) is 3.17. The molecule has 2 saturated heterocycles. The van der Waals surface area contributed by atoms with E-state index in [9.17, 15) is 10.2 Å². The molecule has 16 heavy (non-hydrogen) atoms. The van der Waals surface area contributed by atoms with Gasteiger partial charge in [-0.2, -0.15) is 0 Å². The highest BCUT2D eigenvalue weighted by Crippen LogP contribution is 2.43. The Balaban J connectivity index is 2.12. The maximum absolute atomic E-state index is 10.8. The molecule has 0 aromatic rings. The molecule has 4 heteroatoms. The second kappa shape index (κ2) is 4.61. The second-order valence-corrected chi connectivity index (χ2v) is 5.55. The SMILES string of the molecule is CN1CCC(O)(C2(CO)CCCNC2)CC1. The van der Waals surface area contributed by atoms with E-state index in [1.165, 1.54) is 0 Å². The maximum atomic E-state index is 10.8. The first-order valence-electron chi connectivity index (χ1n) is 6.34. The number of hydrogen-bond donors (Lipinski definition) is 3. The lowest BCUT2D eigenvalue weighted by Crippen LogP contribution is -2.61. The van der Waals surface area contributed by atoms with E-state index in [1.807, 2.05) is 0 Å². The van der Waals surface area contributed by atoms with Crippen molar-refractivity contribution >= 4 is 0 Å². The first-order chi connectivity index (χ1) is 7.62. The first-order valence-corrected chi connectivity index (χ1v) is 6.34. The first kappa shape index (κ1) is 12.3. The largest absolute Gasteiger partial charge is 0.396 e. The van der Waals surface area contributed by atoms with E-state index in [4.69, 9.17) is 0 Å². The molecule has 0 bridgehead atoms. The van der Waals surface area contributed by atoms with Crippen LogP contribution in [-0.4, -0.2) is 60.5 Å². The lowest BCUT2D eigenvalue weighted by Gasteiger charge is -2.51. The molecule has 0 radical (unpaired) electrons. The van der Waals surface area contributed by atoms with Crippen molar-refractivity contribution in [2.24, 2.45) is 5.41 Å². The number of piperidine rings is 2. The summed E-state index contributed by atoms with van der Waals surface area (Å²) >= 11 is 0. The Kier molecular flexibility index (Phi) is 3.54. The minimum atomic E-state index is -0.679. The molecule has 4 nitrogen and oxygen atoms in total. The lowest BCUT2D eigenvalue weighted by molar-refractivity contribution is -0.146. The Morgan fingerprint density at radius 2 is 1.94 bits per heavy atom. The predicted octanol–water partition coefficient (Wildman–Crippen LogP) is -0.195. The van der Waals surface area contributed by atoms with Gasteiger partial charge in [0.2, 0.25) is 0 Å². The third kappa shape index (κ3) is 1.99. The van der Waals surface area contributed by atoms with E-state index in [1.54, 1.807) is 0 Å². The van der Waals surface area contributed by atoms with E-state index < -0.39 is 5.60 Å². The van der Waals surface area contributed by atoms with Crippen LogP contribution in [-0.2, 0) is 0 Å². The molecular weight excluding hydrogens is 204 g/mol. The van der Waals surface area contributed by atoms with Crippen molar-refractivity contribution in [2.75, 3.05) is 39.8 Å². The summed E-state index contributed by atoms with van der Waals surface area (Å²) in [5.74, 6) is 0. The van der Waals surface area contributed by atoms with Gasteiger partial charge >= 0.3 is 0 Å². The maximum Gasteiger partial charge on any atom is 0.0762 e. The molecule has 0 aromatic heterocycles. The summed E-state index contributed by atoms with van der Waals surface area (Å²) in [5, 5.41) is 23.9. The van der Waals surface area contributed by atoms with Gasteiger partial charge < -0.3 is 20.4 Å². The number of hydrogen-bond acceptors (Lipinski definition) is 4. The van der Waals surface area contributed by atoms with E-state index >= 15 is 0 Å². The van der Waals surface area contributed by atoms with Gasteiger partial charge in [0, 0.05) is 25.0 Å². The van der Waals surface area contributed by atoms with Gasteiger partial charge in [-0.05, 0) is 39.3 Å². The number of rotatable bonds is 2. The third-order valence-corrected chi connectivity index (χ3v) is 4.58. The molecule has 2 heterocycles. The Morgan fingerprint density at radius 3 is 2.44 bits per heavy atom. The molecule has 1 atom stereocenters. The summed E-state index contributed by atoms with van der Waals surface area (Å²) in [5.41, 5.74) is -0.992. The van der Waals surface area contributed by atoms with E-state index in [2.05, 4.69) is 17.3 Å². The van der Waals surface area contributed by atoms with Gasteiger partial charge in [0.05, 0.1) is 12.2 Å². The zero-order valence-electron chi connectivity index (χ0n) is 10.2. The molecule has 0 aromatic carbocycles. The molecule has 2 aliphatic rings. The molecule has 0 aliphatic carbocycles. The van der Waals surface area contributed by atoms with Crippen LogP contribution in [0.3, 0.4) is 0 Å². The summed E-state index contributed by atoms with van der Waals surface area (Å²) in [6.07, 6.45) is 3.56. The topological polar surface area (TPSA) is 55.7 Å². The average Bonchev–Trinajstić information content (AvgIpc) is 2.34. The molecule has 3 N–H and O–H groups in total. The van der Waals surface area contributed by atoms with Gasteiger partial charge in [0.25, 0.3) is 0 Å². The standard InChI is InChI=1S/C12H24N2O2/c1-14-7-4-12(16,5-8-14)11(10-15)3-2-6-13-9-11/h13,15-16H,2-10H2,1H3. The van der Waals surface area contributed by atoms with Gasteiger partial charge in [-0.1, -0.05) is 0 Å². The molecule has 1 unspecified atom stereocenters. The van der Waals surface area contributed by atoms with Crippen LogP contribution in [0.5, 0.6) is 0 Å². The van der Waals surface area contributed by atoms with Crippen molar-refractivity contribution in [3.05, 3.63) is 0 Å². The zero-order valence-corrected chi connectivity index (χ0v) is 10.2. The van der Waals surface area contributed by atoms with Crippen LogP contribution in [0.15, 0.2) is 0 Å². The summed E-state index contributed by atoms with van der Waals surface area (Å²) < 4.78 is 0. The van der Waals surface area contributed by atoms with Crippen LogP contribution >= 0.6 is 0 Å². The molecular formula is C12H24N2O2. The number of aliphatic hydroxyl groups is 2. The summed E-state index contributed by atoms with van der Waals surface area (Å²) in [7, 11) is 2.09. The fourth-order valence-corrected chi connectivity index (χ4v) is 3.17. The van der Waals surface area contributed by atoms with Crippen LogP contribution in [0.2, 0.25) is 0 Å². The highest BCUT2D eigenvalue weighted by atomic mass is 16.3. The van der Waals surface area contributed by atoms with Gasteiger partial charge in [0.15, 0.2) is 0 Å². The average molecular weight is 228 g/mol.